The van der Waals surface area contributed by atoms with Gasteiger partial charge in [-0.15, -0.1) is 11.3 Å². The van der Waals surface area contributed by atoms with Crippen LogP contribution in [0.5, 0.6) is 5.75 Å². The monoisotopic (exact) mass is 698 g/mol. The number of methoxy groups -OCH3 is 1. The summed E-state index contributed by atoms with van der Waals surface area (Å²) < 4.78 is 93.9. The highest BCUT2D eigenvalue weighted by atomic mass is 32.2. The summed E-state index contributed by atoms with van der Waals surface area (Å²) in [5.74, 6) is 3.58. The fourth-order valence-electron chi connectivity index (χ4n) is 5.46. The molecule has 4 rings (SSSR count). The summed E-state index contributed by atoms with van der Waals surface area (Å²) in [5, 5.41) is 6.90. The van der Waals surface area contributed by atoms with Gasteiger partial charge in [-0.25, -0.2) is 17.5 Å². The van der Waals surface area contributed by atoms with Gasteiger partial charge in [-0.3, -0.25) is 4.79 Å². The SMILES string of the molecule is COCCOc1cc(S(=O)(=O)NC(C)=O)c(F)cc1NCC#Cc1sc2c(NC3CCC(N(C)C)CC3)cccc2c1CC(F)(F)F. The smallest absolute Gasteiger partial charge is 0.393 e. The number of anilines is 2. The van der Waals surface area contributed by atoms with Gasteiger partial charge in [0, 0.05) is 38.2 Å². The molecule has 0 aliphatic heterocycles. The second-order valence-corrected chi connectivity index (χ2v) is 14.1. The third kappa shape index (κ3) is 9.72. The zero-order valence-corrected chi connectivity index (χ0v) is 28.1. The van der Waals surface area contributed by atoms with Gasteiger partial charge in [-0.2, -0.15) is 13.2 Å². The Kier molecular flexibility index (Phi) is 12.0. The number of carbonyl (C=O) groups is 1. The van der Waals surface area contributed by atoms with Gasteiger partial charge < -0.3 is 25.0 Å². The number of halogens is 4. The first-order valence-electron chi connectivity index (χ1n) is 14.9. The van der Waals surface area contributed by atoms with Crippen LogP contribution in [-0.2, 0) is 26.0 Å². The standard InChI is InChI=1S/C32H38F4N4O5S2/c1-20(41)39-47(42,43)30-18-28(45-16-15-44-4)27(17-25(30)33)37-14-6-9-29-24(19-32(34,35)36)23-7-5-8-26(31(23)46-29)38-21-10-12-22(13-11-21)40(2)3/h5,7-8,17-18,21-22,37-38H,10-16,19H2,1-4H3,(H,39,41). The molecule has 1 aromatic heterocycles. The van der Waals surface area contributed by atoms with Gasteiger partial charge in [0.1, 0.15) is 23.1 Å². The number of benzene rings is 2. The minimum absolute atomic E-state index is 0.00182. The van der Waals surface area contributed by atoms with Crippen LogP contribution in [0, 0.1) is 17.7 Å². The van der Waals surface area contributed by atoms with Gasteiger partial charge in [0.2, 0.25) is 5.91 Å². The van der Waals surface area contributed by atoms with Crippen LogP contribution in [0.3, 0.4) is 0 Å². The van der Waals surface area contributed by atoms with Crippen LogP contribution >= 0.6 is 11.3 Å². The number of alkyl halides is 3. The summed E-state index contributed by atoms with van der Waals surface area (Å²) in [6, 6.07) is 7.84. The number of hydrogen-bond donors (Lipinski definition) is 3. The highest BCUT2D eigenvalue weighted by Gasteiger charge is 2.31. The Bertz CT molecular complexity index is 1740. The first-order valence-corrected chi connectivity index (χ1v) is 17.2. The molecule has 1 fully saturated rings. The molecule has 1 heterocycles. The summed E-state index contributed by atoms with van der Waals surface area (Å²) in [5.41, 5.74) is 0.919. The third-order valence-electron chi connectivity index (χ3n) is 7.70. The molecule has 15 heteroatoms. The fourth-order valence-corrected chi connectivity index (χ4v) is 7.70. The van der Waals surface area contributed by atoms with E-state index in [1.165, 1.54) is 18.4 Å². The van der Waals surface area contributed by atoms with Crippen LogP contribution in [0.2, 0.25) is 0 Å². The average Bonchev–Trinajstić information content (AvgIpc) is 3.32. The Morgan fingerprint density at radius 1 is 1.11 bits per heavy atom. The summed E-state index contributed by atoms with van der Waals surface area (Å²) in [4.78, 5) is 13.0. The van der Waals surface area contributed by atoms with Crippen LogP contribution in [0.25, 0.3) is 10.1 Å². The van der Waals surface area contributed by atoms with E-state index >= 15 is 0 Å². The van der Waals surface area contributed by atoms with E-state index in [1.54, 1.807) is 16.9 Å². The predicted octanol–water partition coefficient (Wildman–Crippen LogP) is 5.74. The van der Waals surface area contributed by atoms with Crippen LogP contribution in [0.15, 0.2) is 35.2 Å². The van der Waals surface area contributed by atoms with Gasteiger partial charge in [0.25, 0.3) is 10.0 Å². The van der Waals surface area contributed by atoms with Crippen molar-refractivity contribution < 1.29 is 40.2 Å². The Morgan fingerprint density at radius 3 is 2.47 bits per heavy atom. The third-order valence-corrected chi connectivity index (χ3v) is 10.3. The molecule has 9 nitrogen and oxygen atoms in total. The Labute approximate surface area is 276 Å². The fraction of sp³-hybridized carbons (Fsp3) is 0.469. The highest BCUT2D eigenvalue weighted by Crippen LogP contribution is 2.40. The Morgan fingerprint density at radius 2 is 1.83 bits per heavy atom. The first-order chi connectivity index (χ1) is 22.2. The van der Waals surface area contributed by atoms with E-state index in [0.717, 1.165) is 50.4 Å². The maximum absolute atomic E-state index is 14.9. The molecule has 0 atom stereocenters. The molecular formula is C32H38F4N4O5S2. The van der Waals surface area contributed by atoms with Crippen LogP contribution in [0.1, 0.15) is 43.0 Å². The molecule has 256 valence electrons. The van der Waals surface area contributed by atoms with Crippen molar-refractivity contribution in [1.29, 1.82) is 0 Å². The molecule has 47 heavy (non-hydrogen) atoms. The quantitative estimate of drug-likeness (QED) is 0.125. The number of hydrogen-bond acceptors (Lipinski definition) is 9. The topological polar surface area (TPSA) is 109 Å². The van der Waals surface area contributed by atoms with E-state index in [1.807, 2.05) is 6.07 Å². The number of ether oxygens (including phenoxy) is 2. The van der Waals surface area contributed by atoms with E-state index < -0.39 is 39.2 Å². The van der Waals surface area contributed by atoms with Crippen molar-refractivity contribution in [2.75, 3.05) is 51.6 Å². The van der Waals surface area contributed by atoms with Crippen LogP contribution in [0.4, 0.5) is 28.9 Å². The van der Waals surface area contributed by atoms with Crippen molar-refractivity contribution in [2.45, 2.75) is 62.2 Å². The van der Waals surface area contributed by atoms with E-state index in [-0.39, 0.29) is 47.7 Å². The van der Waals surface area contributed by atoms with Gasteiger partial charge in [0.15, 0.2) is 0 Å². The van der Waals surface area contributed by atoms with Gasteiger partial charge >= 0.3 is 6.18 Å². The molecule has 1 saturated carbocycles. The molecular weight excluding hydrogens is 661 g/mol. The molecule has 1 amide bonds. The summed E-state index contributed by atoms with van der Waals surface area (Å²) in [7, 11) is 1.06. The lowest BCUT2D eigenvalue weighted by atomic mass is 9.90. The van der Waals surface area contributed by atoms with Crippen molar-refractivity contribution in [2.24, 2.45) is 0 Å². The molecule has 3 aromatic rings. The van der Waals surface area contributed by atoms with Gasteiger partial charge in [-0.05, 0) is 56.8 Å². The lowest BCUT2D eigenvalue weighted by molar-refractivity contribution is -0.127. The second-order valence-electron chi connectivity index (χ2n) is 11.4. The zero-order valence-electron chi connectivity index (χ0n) is 26.5. The summed E-state index contributed by atoms with van der Waals surface area (Å²) in [6.45, 7) is 0.994. The number of carbonyl (C=O) groups excluding carboxylic acids is 1. The number of amides is 1. The largest absolute Gasteiger partial charge is 0.489 e. The molecule has 1 aliphatic rings. The second kappa shape index (κ2) is 15.5. The molecule has 3 N–H and O–H groups in total. The van der Waals surface area contributed by atoms with Crippen molar-refractivity contribution in [3.8, 4) is 17.6 Å². The summed E-state index contributed by atoms with van der Waals surface area (Å²) >= 11 is 1.19. The number of sulfonamides is 1. The average molecular weight is 699 g/mol. The van der Waals surface area contributed by atoms with E-state index in [9.17, 15) is 30.8 Å². The minimum Gasteiger partial charge on any atom is -0.489 e. The molecule has 1 aliphatic carbocycles. The minimum atomic E-state index is -4.51. The lowest BCUT2D eigenvalue weighted by Crippen LogP contribution is -2.36. The number of nitrogens with zero attached hydrogens (tertiary/aromatic N) is 1. The molecule has 0 unspecified atom stereocenters. The maximum atomic E-state index is 14.9. The number of fused-ring (bicyclic) bond motifs is 1. The van der Waals surface area contributed by atoms with Crippen LogP contribution < -0.4 is 20.1 Å². The summed E-state index contributed by atoms with van der Waals surface area (Å²) in [6.07, 6.45) is -1.63. The Hall–Kier alpha value is -3.58. The van der Waals surface area contributed by atoms with E-state index in [2.05, 4.69) is 41.5 Å². The maximum Gasteiger partial charge on any atom is 0.393 e. The lowest BCUT2D eigenvalue weighted by Gasteiger charge is -2.33. The number of nitrogens with one attached hydrogen (secondary N) is 3. The normalized spacial score (nSPS) is 16.9. The molecule has 0 spiro atoms. The van der Waals surface area contributed by atoms with Crippen molar-refractivity contribution in [1.82, 2.24) is 9.62 Å². The number of thiophene rings is 1. The molecule has 0 bridgehead atoms. The first kappa shape index (κ1) is 36.3. The molecule has 0 saturated heterocycles. The van der Waals surface area contributed by atoms with Crippen molar-refractivity contribution in [3.63, 3.8) is 0 Å². The van der Waals surface area contributed by atoms with E-state index in [0.29, 0.717) is 16.1 Å². The van der Waals surface area contributed by atoms with E-state index in [4.69, 9.17) is 9.47 Å². The predicted molar refractivity (Wildman–Crippen MR) is 175 cm³/mol. The molecule has 0 radical (unpaired) electrons. The zero-order chi connectivity index (χ0) is 34.4. The number of rotatable bonds is 12. The van der Waals surface area contributed by atoms with Gasteiger partial charge in [0.05, 0.1) is 40.5 Å². The molecule has 2 aromatic carbocycles. The van der Waals surface area contributed by atoms with Gasteiger partial charge in [-0.1, -0.05) is 24.0 Å². The van der Waals surface area contributed by atoms with Crippen molar-refractivity contribution >= 4 is 48.7 Å². The Balaban J connectivity index is 1.60. The van der Waals surface area contributed by atoms with Crippen molar-refractivity contribution in [3.05, 3.63) is 46.6 Å². The highest BCUT2D eigenvalue weighted by molar-refractivity contribution is 7.90. The van der Waals surface area contributed by atoms with Crippen LogP contribution in [-0.4, -0.2) is 78.4 Å².